The molecule has 2 N–H and O–H groups in total. The van der Waals surface area contributed by atoms with E-state index in [1.165, 1.54) is 43.5 Å². The summed E-state index contributed by atoms with van der Waals surface area (Å²) >= 11 is 0. The molecule has 1 heterocycles. The fourth-order valence-corrected chi connectivity index (χ4v) is 3.11. The maximum absolute atomic E-state index is 4.77. The molecule has 0 saturated heterocycles. The number of aryl methyl sites for hydroxylation is 1. The van der Waals surface area contributed by atoms with E-state index in [1.807, 2.05) is 0 Å². The highest BCUT2D eigenvalue weighted by atomic mass is 15.0. The third-order valence-electron chi connectivity index (χ3n) is 5.25. The van der Waals surface area contributed by atoms with Crippen molar-refractivity contribution in [3.63, 3.8) is 0 Å². The van der Waals surface area contributed by atoms with Gasteiger partial charge in [-0.05, 0) is 43.4 Å². The summed E-state index contributed by atoms with van der Waals surface area (Å²) < 4.78 is 0. The number of H-pyrrole nitrogens is 1. The molecule has 1 saturated carbocycles. The summed E-state index contributed by atoms with van der Waals surface area (Å²) in [5, 5.41) is 3.54. The lowest BCUT2D eigenvalue weighted by Crippen LogP contribution is -2.29. The normalized spacial score (nSPS) is 23.4. The van der Waals surface area contributed by atoms with Crippen LogP contribution in [0, 0.1) is 11.3 Å². The zero-order chi connectivity index (χ0) is 13.5. The molecule has 1 unspecified atom stereocenters. The largest absolute Gasteiger partial charge is 0.345 e. The molecule has 3 heteroatoms. The third kappa shape index (κ3) is 2.86. The van der Waals surface area contributed by atoms with Gasteiger partial charge in [0, 0.05) is 11.7 Å². The molecule has 106 valence electrons. The second-order valence-electron chi connectivity index (χ2n) is 7.05. The van der Waals surface area contributed by atoms with Gasteiger partial charge in [0.1, 0.15) is 5.82 Å². The first-order valence-electron chi connectivity index (χ1n) is 7.88. The van der Waals surface area contributed by atoms with E-state index in [0.29, 0.717) is 5.41 Å². The number of nitrogens with zero attached hydrogens (tertiary/aromatic N) is 1. The van der Waals surface area contributed by atoms with Crippen LogP contribution in [0.2, 0.25) is 0 Å². The summed E-state index contributed by atoms with van der Waals surface area (Å²) in [6, 6.07) is 0.758. The first-order valence-corrected chi connectivity index (χ1v) is 7.88. The van der Waals surface area contributed by atoms with Gasteiger partial charge in [0.05, 0.1) is 12.2 Å². The maximum atomic E-state index is 4.77. The SMILES string of the molecule is CCC(C)(C)C1CCc2nc(CNC3CC3)[nH]c2C1. The fraction of sp³-hybridized carbons (Fsp3) is 0.812. The molecule has 1 atom stereocenters. The summed E-state index contributed by atoms with van der Waals surface area (Å²) in [7, 11) is 0. The first kappa shape index (κ1) is 13.2. The smallest absolute Gasteiger partial charge is 0.120 e. The van der Waals surface area contributed by atoms with E-state index >= 15 is 0 Å². The average Bonchev–Trinajstić information content (AvgIpc) is 3.14. The minimum absolute atomic E-state index is 0.454. The maximum Gasteiger partial charge on any atom is 0.120 e. The van der Waals surface area contributed by atoms with Gasteiger partial charge in [-0.1, -0.05) is 27.2 Å². The van der Waals surface area contributed by atoms with Gasteiger partial charge in [-0.15, -0.1) is 0 Å². The van der Waals surface area contributed by atoms with Crippen LogP contribution in [0.25, 0.3) is 0 Å². The second-order valence-corrected chi connectivity index (χ2v) is 7.05. The van der Waals surface area contributed by atoms with Crippen LogP contribution in [0.5, 0.6) is 0 Å². The summed E-state index contributed by atoms with van der Waals surface area (Å²) in [4.78, 5) is 8.34. The minimum Gasteiger partial charge on any atom is -0.345 e. The van der Waals surface area contributed by atoms with Crippen molar-refractivity contribution >= 4 is 0 Å². The zero-order valence-electron chi connectivity index (χ0n) is 12.6. The Kier molecular flexibility index (Phi) is 3.42. The Hall–Kier alpha value is -0.830. The van der Waals surface area contributed by atoms with E-state index in [9.17, 15) is 0 Å². The number of hydrogen-bond donors (Lipinski definition) is 2. The van der Waals surface area contributed by atoms with E-state index in [1.54, 1.807) is 0 Å². The zero-order valence-corrected chi connectivity index (χ0v) is 12.6. The number of hydrogen-bond acceptors (Lipinski definition) is 2. The van der Waals surface area contributed by atoms with Gasteiger partial charge in [-0.2, -0.15) is 0 Å². The van der Waals surface area contributed by atoms with E-state index in [0.717, 1.165) is 30.7 Å². The molecular formula is C16H27N3. The lowest BCUT2D eigenvalue weighted by Gasteiger charge is -2.35. The van der Waals surface area contributed by atoms with Crippen molar-refractivity contribution < 1.29 is 0 Å². The van der Waals surface area contributed by atoms with Gasteiger partial charge in [0.2, 0.25) is 0 Å². The van der Waals surface area contributed by atoms with Crippen LogP contribution >= 0.6 is 0 Å². The molecule has 3 nitrogen and oxygen atoms in total. The predicted molar refractivity (Wildman–Crippen MR) is 78.0 cm³/mol. The number of nitrogens with one attached hydrogen (secondary N) is 2. The Morgan fingerprint density at radius 2 is 2.11 bits per heavy atom. The molecule has 0 aromatic carbocycles. The van der Waals surface area contributed by atoms with Crippen LogP contribution < -0.4 is 5.32 Å². The molecular weight excluding hydrogens is 234 g/mol. The fourth-order valence-electron chi connectivity index (χ4n) is 3.11. The molecule has 1 fully saturated rings. The monoisotopic (exact) mass is 261 g/mol. The predicted octanol–water partition coefficient (Wildman–Crippen LogP) is 3.20. The lowest BCUT2D eigenvalue weighted by molar-refractivity contribution is 0.181. The van der Waals surface area contributed by atoms with Gasteiger partial charge < -0.3 is 10.3 Å². The van der Waals surface area contributed by atoms with Crippen LogP contribution in [0.1, 0.15) is 63.7 Å². The highest BCUT2D eigenvalue weighted by Gasteiger charge is 2.32. The molecule has 0 amide bonds. The number of imidazole rings is 1. The minimum atomic E-state index is 0.454. The number of aromatic amines is 1. The van der Waals surface area contributed by atoms with E-state index < -0.39 is 0 Å². The third-order valence-corrected chi connectivity index (χ3v) is 5.25. The highest BCUT2D eigenvalue weighted by molar-refractivity contribution is 5.19. The van der Waals surface area contributed by atoms with Crippen LogP contribution in [0.4, 0.5) is 0 Å². The van der Waals surface area contributed by atoms with Crippen molar-refractivity contribution in [1.82, 2.24) is 15.3 Å². The van der Waals surface area contributed by atoms with Gasteiger partial charge in [-0.25, -0.2) is 4.98 Å². The lowest BCUT2D eigenvalue weighted by atomic mass is 9.70. The van der Waals surface area contributed by atoms with E-state index in [4.69, 9.17) is 4.98 Å². The number of aromatic nitrogens is 2. The van der Waals surface area contributed by atoms with Gasteiger partial charge in [-0.3, -0.25) is 0 Å². The molecule has 1 aromatic heterocycles. The van der Waals surface area contributed by atoms with Crippen LogP contribution in [-0.2, 0) is 19.4 Å². The molecule has 0 spiro atoms. The summed E-state index contributed by atoms with van der Waals surface area (Å²) in [6.45, 7) is 8.05. The molecule has 19 heavy (non-hydrogen) atoms. The molecule has 0 bridgehead atoms. The van der Waals surface area contributed by atoms with E-state index in [-0.39, 0.29) is 0 Å². The van der Waals surface area contributed by atoms with Crippen molar-refractivity contribution in [2.75, 3.05) is 0 Å². The Morgan fingerprint density at radius 3 is 2.79 bits per heavy atom. The molecule has 3 rings (SSSR count). The molecule has 0 radical (unpaired) electrons. The Balaban J connectivity index is 1.66. The number of rotatable bonds is 5. The van der Waals surface area contributed by atoms with Crippen LogP contribution in [-0.4, -0.2) is 16.0 Å². The molecule has 1 aromatic rings. The summed E-state index contributed by atoms with van der Waals surface area (Å²) in [5.74, 6) is 1.95. The van der Waals surface area contributed by atoms with Gasteiger partial charge >= 0.3 is 0 Å². The van der Waals surface area contributed by atoms with Crippen molar-refractivity contribution in [3.05, 3.63) is 17.2 Å². The molecule has 2 aliphatic carbocycles. The molecule has 0 aliphatic heterocycles. The summed E-state index contributed by atoms with van der Waals surface area (Å²) in [5.41, 5.74) is 3.19. The van der Waals surface area contributed by atoms with Gasteiger partial charge in [0.25, 0.3) is 0 Å². The quantitative estimate of drug-likeness (QED) is 0.854. The topological polar surface area (TPSA) is 40.7 Å². The van der Waals surface area contributed by atoms with E-state index in [2.05, 4.69) is 31.1 Å². The Labute approximate surface area is 116 Å². The van der Waals surface area contributed by atoms with Crippen molar-refractivity contribution in [1.29, 1.82) is 0 Å². The van der Waals surface area contributed by atoms with Crippen LogP contribution in [0.15, 0.2) is 0 Å². The van der Waals surface area contributed by atoms with Crippen LogP contribution in [0.3, 0.4) is 0 Å². The summed E-state index contributed by atoms with van der Waals surface area (Å²) in [6.07, 6.45) is 7.59. The molecule has 2 aliphatic rings. The Morgan fingerprint density at radius 1 is 1.32 bits per heavy atom. The highest BCUT2D eigenvalue weighted by Crippen LogP contribution is 2.39. The Bertz CT molecular complexity index is 443. The van der Waals surface area contributed by atoms with Crippen molar-refractivity contribution in [2.45, 2.75) is 71.9 Å². The second kappa shape index (κ2) is 4.93. The standard InChI is InChI=1S/C16H27N3/c1-4-16(2,3)11-5-8-13-14(9-11)19-15(18-13)10-17-12-6-7-12/h11-12,17H,4-10H2,1-3H3,(H,18,19). The van der Waals surface area contributed by atoms with Gasteiger partial charge in [0.15, 0.2) is 0 Å². The average molecular weight is 261 g/mol. The first-order chi connectivity index (χ1) is 9.08. The van der Waals surface area contributed by atoms with Crippen molar-refractivity contribution in [3.8, 4) is 0 Å². The van der Waals surface area contributed by atoms with Crippen molar-refractivity contribution in [2.24, 2.45) is 11.3 Å². The number of fused-ring (bicyclic) bond motifs is 1.